The van der Waals surface area contributed by atoms with Crippen molar-refractivity contribution in [2.24, 2.45) is 0 Å². The third-order valence-corrected chi connectivity index (χ3v) is 8.41. The Labute approximate surface area is 235 Å². The van der Waals surface area contributed by atoms with E-state index < -0.39 is 16.1 Å². The van der Waals surface area contributed by atoms with Gasteiger partial charge in [0, 0.05) is 33.7 Å². The summed E-state index contributed by atoms with van der Waals surface area (Å²) in [5.41, 5.74) is 2.16. The SMILES string of the molecule is O=C(Nc1cccc(SC(C(=O)Nc2nc(-c3cccs3)cs2)c2ccccc2)c1)c1cccc([N+](=O)[O-])c1. The van der Waals surface area contributed by atoms with Crippen molar-refractivity contribution in [2.45, 2.75) is 10.1 Å². The van der Waals surface area contributed by atoms with Crippen LogP contribution in [0.15, 0.2) is 107 Å². The Morgan fingerprint density at radius 1 is 0.897 bits per heavy atom. The van der Waals surface area contributed by atoms with Crippen LogP contribution in [0.25, 0.3) is 10.6 Å². The van der Waals surface area contributed by atoms with Crippen LogP contribution in [0.4, 0.5) is 16.5 Å². The number of amides is 2. The Morgan fingerprint density at radius 2 is 1.72 bits per heavy atom. The molecule has 0 saturated carbocycles. The second-order valence-corrected chi connectivity index (χ2v) is 11.2. The Bertz CT molecular complexity index is 1620. The fraction of sp³-hybridized carbons (Fsp3) is 0.0357. The summed E-state index contributed by atoms with van der Waals surface area (Å²) in [6.07, 6.45) is 0. The first-order chi connectivity index (χ1) is 19.0. The number of nitro groups is 1. The number of hydrogen-bond donors (Lipinski definition) is 2. The molecule has 194 valence electrons. The predicted molar refractivity (Wildman–Crippen MR) is 157 cm³/mol. The summed E-state index contributed by atoms with van der Waals surface area (Å²) in [5.74, 6) is -0.687. The summed E-state index contributed by atoms with van der Waals surface area (Å²) in [6.45, 7) is 0. The molecular weight excluding hydrogens is 553 g/mol. The van der Waals surface area contributed by atoms with Crippen LogP contribution in [0.1, 0.15) is 21.2 Å². The van der Waals surface area contributed by atoms with Crippen LogP contribution in [0.5, 0.6) is 0 Å². The third-order valence-electron chi connectivity index (χ3n) is 5.51. The highest BCUT2D eigenvalue weighted by Gasteiger charge is 2.23. The van der Waals surface area contributed by atoms with Crippen molar-refractivity contribution in [1.29, 1.82) is 0 Å². The van der Waals surface area contributed by atoms with Crippen molar-refractivity contribution in [3.8, 4) is 10.6 Å². The normalized spacial score (nSPS) is 11.5. The van der Waals surface area contributed by atoms with Crippen molar-refractivity contribution in [3.05, 3.63) is 123 Å². The van der Waals surface area contributed by atoms with Gasteiger partial charge in [0.1, 0.15) is 5.25 Å². The van der Waals surface area contributed by atoms with Crippen LogP contribution in [0.3, 0.4) is 0 Å². The van der Waals surface area contributed by atoms with Crippen molar-refractivity contribution >= 4 is 62.8 Å². The first-order valence-corrected chi connectivity index (χ1v) is 14.3. The van der Waals surface area contributed by atoms with E-state index in [9.17, 15) is 19.7 Å². The monoisotopic (exact) mass is 572 g/mol. The first-order valence-electron chi connectivity index (χ1n) is 11.6. The highest BCUT2D eigenvalue weighted by atomic mass is 32.2. The predicted octanol–water partition coefficient (Wildman–Crippen LogP) is 7.50. The third kappa shape index (κ3) is 6.58. The smallest absolute Gasteiger partial charge is 0.270 e. The Morgan fingerprint density at radius 3 is 2.49 bits per heavy atom. The van der Waals surface area contributed by atoms with E-state index in [-0.39, 0.29) is 17.2 Å². The van der Waals surface area contributed by atoms with Crippen LogP contribution in [0.2, 0.25) is 0 Å². The number of carbonyl (C=O) groups excluding carboxylic acids is 2. The number of thioether (sulfide) groups is 1. The molecule has 0 radical (unpaired) electrons. The minimum absolute atomic E-state index is 0.161. The number of carbonyl (C=O) groups is 2. The Balaban J connectivity index is 1.33. The highest BCUT2D eigenvalue weighted by Crippen LogP contribution is 2.38. The van der Waals surface area contributed by atoms with Gasteiger partial charge in [0.15, 0.2) is 5.13 Å². The van der Waals surface area contributed by atoms with E-state index in [0.29, 0.717) is 10.8 Å². The molecule has 2 heterocycles. The van der Waals surface area contributed by atoms with Gasteiger partial charge in [-0.2, -0.15) is 0 Å². The molecular formula is C28H20N4O4S3. The van der Waals surface area contributed by atoms with E-state index >= 15 is 0 Å². The maximum Gasteiger partial charge on any atom is 0.270 e. The molecule has 8 nitrogen and oxygen atoms in total. The minimum atomic E-state index is -0.581. The minimum Gasteiger partial charge on any atom is -0.322 e. The summed E-state index contributed by atoms with van der Waals surface area (Å²) >= 11 is 4.30. The molecule has 11 heteroatoms. The number of nitro benzene ring substituents is 1. The molecule has 39 heavy (non-hydrogen) atoms. The molecule has 2 aromatic heterocycles. The van der Waals surface area contributed by atoms with Gasteiger partial charge in [0.25, 0.3) is 11.6 Å². The van der Waals surface area contributed by atoms with E-state index in [2.05, 4.69) is 15.6 Å². The van der Waals surface area contributed by atoms with Crippen LogP contribution in [-0.4, -0.2) is 21.7 Å². The first kappa shape index (κ1) is 26.3. The summed E-state index contributed by atoms with van der Waals surface area (Å²) in [7, 11) is 0. The van der Waals surface area contributed by atoms with Crippen molar-refractivity contribution in [3.63, 3.8) is 0 Å². The fourth-order valence-corrected chi connectivity index (χ4v) is 6.25. The standard InChI is InChI=1S/C28H20N4O4S3/c33-26(19-9-4-11-21(15-19)32(35)36)29-20-10-5-12-22(16-20)39-25(18-7-2-1-3-8-18)27(34)31-28-30-23(17-38-28)24-13-6-14-37-24/h1-17,25H,(H,29,33)(H,30,31,34). The van der Waals surface area contributed by atoms with Gasteiger partial charge in [0.05, 0.1) is 15.5 Å². The van der Waals surface area contributed by atoms with Crippen LogP contribution in [-0.2, 0) is 4.79 Å². The topological polar surface area (TPSA) is 114 Å². The lowest BCUT2D eigenvalue weighted by Crippen LogP contribution is -2.19. The number of thiophene rings is 1. The molecule has 5 rings (SSSR count). The van der Waals surface area contributed by atoms with E-state index in [1.54, 1.807) is 29.5 Å². The Kier molecular flexibility index (Phi) is 8.11. The molecule has 3 aromatic carbocycles. The summed E-state index contributed by atoms with van der Waals surface area (Å²) in [5, 5.41) is 20.6. The lowest BCUT2D eigenvalue weighted by atomic mass is 10.1. The molecule has 1 unspecified atom stereocenters. The fourth-order valence-electron chi connectivity index (χ4n) is 3.69. The average Bonchev–Trinajstić information content (AvgIpc) is 3.65. The molecule has 5 aromatic rings. The zero-order valence-corrected chi connectivity index (χ0v) is 22.6. The quantitative estimate of drug-likeness (QED) is 0.107. The number of aromatic nitrogens is 1. The van der Waals surface area contributed by atoms with Crippen molar-refractivity contribution < 1.29 is 14.5 Å². The molecule has 0 fully saturated rings. The largest absolute Gasteiger partial charge is 0.322 e. The lowest BCUT2D eigenvalue weighted by Gasteiger charge is -2.17. The molecule has 1 atom stereocenters. The molecule has 0 aliphatic carbocycles. The van der Waals surface area contributed by atoms with E-state index in [1.807, 2.05) is 59.3 Å². The number of nitrogens with zero attached hydrogens (tertiary/aromatic N) is 2. The molecule has 0 aliphatic rings. The number of non-ortho nitro benzene ring substituents is 1. The van der Waals surface area contributed by atoms with Gasteiger partial charge >= 0.3 is 0 Å². The summed E-state index contributed by atoms with van der Waals surface area (Å²) in [6, 6.07) is 26.0. The van der Waals surface area contributed by atoms with Gasteiger partial charge in [-0.15, -0.1) is 34.4 Å². The molecule has 2 N–H and O–H groups in total. The number of nitrogens with one attached hydrogen (secondary N) is 2. The van der Waals surface area contributed by atoms with Gasteiger partial charge in [-0.1, -0.05) is 48.5 Å². The lowest BCUT2D eigenvalue weighted by molar-refractivity contribution is -0.384. The van der Waals surface area contributed by atoms with Crippen LogP contribution in [0, 0.1) is 10.1 Å². The molecule has 0 saturated heterocycles. The average molecular weight is 573 g/mol. The van der Waals surface area contributed by atoms with Crippen LogP contribution < -0.4 is 10.6 Å². The van der Waals surface area contributed by atoms with E-state index in [1.165, 1.54) is 47.4 Å². The number of benzene rings is 3. The maximum atomic E-state index is 13.5. The number of hydrogen-bond acceptors (Lipinski definition) is 8. The number of thiazole rings is 1. The molecule has 0 aliphatic heterocycles. The summed E-state index contributed by atoms with van der Waals surface area (Å²) in [4.78, 5) is 43.1. The van der Waals surface area contributed by atoms with E-state index in [0.717, 1.165) is 21.0 Å². The zero-order valence-electron chi connectivity index (χ0n) is 20.1. The Hall–Kier alpha value is -4.32. The maximum absolute atomic E-state index is 13.5. The van der Waals surface area contributed by atoms with E-state index in [4.69, 9.17) is 0 Å². The van der Waals surface area contributed by atoms with Gasteiger partial charge < -0.3 is 10.6 Å². The van der Waals surface area contributed by atoms with Gasteiger partial charge in [-0.3, -0.25) is 19.7 Å². The zero-order chi connectivity index (χ0) is 27.2. The molecule has 0 spiro atoms. The molecule has 0 bridgehead atoms. The highest BCUT2D eigenvalue weighted by molar-refractivity contribution is 8.00. The molecule has 2 amide bonds. The summed E-state index contributed by atoms with van der Waals surface area (Å²) < 4.78 is 0. The number of anilines is 2. The van der Waals surface area contributed by atoms with Crippen molar-refractivity contribution in [2.75, 3.05) is 10.6 Å². The second-order valence-electron chi connectivity index (χ2n) is 8.20. The number of rotatable bonds is 9. The second kappa shape index (κ2) is 12.0. The van der Waals surface area contributed by atoms with Gasteiger partial charge in [-0.25, -0.2) is 4.98 Å². The van der Waals surface area contributed by atoms with Gasteiger partial charge in [0.2, 0.25) is 5.91 Å². The van der Waals surface area contributed by atoms with Crippen molar-refractivity contribution in [1.82, 2.24) is 4.98 Å². The van der Waals surface area contributed by atoms with Crippen LogP contribution >= 0.6 is 34.4 Å². The van der Waals surface area contributed by atoms with Gasteiger partial charge in [-0.05, 0) is 41.3 Å².